The number of rotatable bonds is 2. The van der Waals surface area contributed by atoms with Crippen molar-refractivity contribution in [3.05, 3.63) is 10.4 Å². The molecule has 0 radical (unpaired) electrons. The molecule has 1 heterocycles. The van der Waals surface area contributed by atoms with E-state index in [1.165, 1.54) is 0 Å². The predicted octanol–water partition coefficient (Wildman–Crippen LogP) is 1.38. The van der Waals surface area contributed by atoms with Gasteiger partial charge in [-0.1, -0.05) is 21.0 Å². The maximum Gasteiger partial charge on any atom is 0.320 e. The Morgan fingerprint density at radius 1 is 1.91 bits per heavy atom. The summed E-state index contributed by atoms with van der Waals surface area (Å²) >= 11 is 3.13. The second-order valence-corrected chi connectivity index (χ2v) is 3.28. The van der Waals surface area contributed by atoms with Crippen molar-refractivity contribution in [1.82, 2.24) is 0 Å². The van der Waals surface area contributed by atoms with E-state index in [0.717, 1.165) is 0 Å². The fourth-order valence-electron chi connectivity index (χ4n) is 0.853. The summed E-state index contributed by atoms with van der Waals surface area (Å²) in [6.07, 6.45) is 0.334. The van der Waals surface area contributed by atoms with Crippen LogP contribution in [0.15, 0.2) is 5.11 Å². The fourth-order valence-corrected chi connectivity index (χ4v) is 1.38. The highest BCUT2D eigenvalue weighted by atomic mass is 79.9. The Morgan fingerprint density at radius 2 is 2.64 bits per heavy atom. The van der Waals surface area contributed by atoms with E-state index >= 15 is 0 Å². The molecule has 1 saturated heterocycles. The number of nitrogens with zero attached hydrogens (tertiary/aromatic N) is 3. The SMILES string of the molecule is [N-]=[N+]=NCC1CC(Br)C(=O)O1. The zero-order valence-corrected chi connectivity index (χ0v) is 7.19. The van der Waals surface area contributed by atoms with Gasteiger partial charge >= 0.3 is 5.97 Å². The molecule has 0 aromatic carbocycles. The van der Waals surface area contributed by atoms with Crippen LogP contribution >= 0.6 is 15.9 Å². The Kier molecular flexibility index (Phi) is 2.73. The van der Waals surface area contributed by atoms with Crippen LogP contribution in [-0.2, 0) is 9.53 Å². The first-order valence-electron chi connectivity index (χ1n) is 3.09. The molecule has 2 unspecified atom stereocenters. The molecule has 11 heavy (non-hydrogen) atoms. The maximum atomic E-state index is 10.7. The largest absolute Gasteiger partial charge is 0.461 e. The van der Waals surface area contributed by atoms with E-state index in [1.54, 1.807) is 0 Å². The second-order valence-electron chi connectivity index (χ2n) is 2.18. The molecule has 0 aliphatic carbocycles. The lowest BCUT2D eigenvalue weighted by atomic mass is 10.2. The number of hydrogen-bond donors (Lipinski definition) is 0. The summed E-state index contributed by atoms with van der Waals surface area (Å²) in [4.78, 5) is 13.1. The van der Waals surface area contributed by atoms with Gasteiger partial charge in [0.1, 0.15) is 10.9 Å². The highest BCUT2D eigenvalue weighted by molar-refractivity contribution is 9.10. The van der Waals surface area contributed by atoms with Crippen LogP contribution < -0.4 is 0 Å². The Hall–Kier alpha value is -0.740. The van der Waals surface area contributed by atoms with Crippen molar-refractivity contribution in [3.63, 3.8) is 0 Å². The van der Waals surface area contributed by atoms with Gasteiger partial charge in [-0.25, -0.2) is 0 Å². The third-order valence-electron chi connectivity index (χ3n) is 1.36. The molecular weight excluding hydrogens is 214 g/mol. The number of carbonyl (C=O) groups is 1. The summed E-state index contributed by atoms with van der Waals surface area (Å²) in [6.45, 7) is 0.227. The molecule has 2 atom stereocenters. The van der Waals surface area contributed by atoms with Crippen molar-refractivity contribution in [1.29, 1.82) is 0 Å². The fraction of sp³-hybridized carbons (Fsp3) is 0.800. The second kappa shape index (κ2) is 3.59. The number of ether oxygens (including phenoxy) is 1. The number of carbonyl (C=O) groups excluding carboxylic acids is 1. The minimum atomic E-state index is -0.275. The lowest BCUT2D eigenvalue weighted by Gasteiger charge is -2.01. The van der Waals surface area contributed by atoms with E-state index in [0.29, 0.717) is 6.42 Å². The molecule has 1 fully saturated rings. The van der Waals surface area contributed by atoms with Crippen LogP contribution in [0.4, 0.5) is 0 Å². The minimum Gasteiger partial charge on any atom is -0.461 e. The first kappa shape index (κ1) is 8.36. The molecule has 0 saturated carbocycles. The summed E-state index contributed by atoms with van der Waals surface area (Å²) in [6, 6.07) is 0. The minimum absolute atomic E-state index is 0.227. The van der Waals surface area contributed by atoms with Crippen LogP contribution in [0.1, 0.15) is 6.42 Å². The molecule has 1 rings (SSSR count). The van der Waals surface area contributed by atoms with Gasteiger partial charge in [-0.2, -0.15) is 0 Å². The molecular formula is C5H6BrN3O2. The normalized spacial score (nSPS) is 29.4. The number of azide groups is 1. The highest BCUT2D eigenvalue weighted by Gasteiger charge is 2.31. The lowest BCUT2D eigenvalue weighted by Crippen LogP contribution is -2.09. The maximum absolute atomic E-state index is 10.7. The van der Waals surface area contributed by atoms with Crippen LogP contribution in [0.2, 0.25) is 0 Å². The molecule has 0 N–H and O–H groups in total. The molecule has 0 amide bonds. The summed E-state index contributed by atoms with van der Waals surface area (Å²) in [5.74, 6) is -0.275. The van der Waals surface area contributed by atoms with Gasteiger partial charge < -0.3 is 4.74 Å². The number of halogens is 1. The van der Waals surface area contributed by atoms with Gasteiger partial charge in [0.15, 0.2) is 0 Å². The smallest absolute Gasteiger partial charge is 0.320 e. The zero-order chi connectivity index (χ0) is 8.27. The van der Waals surface area contributed by atoms with Crippen molar-refractivity contribution in [2.45, 2.75) is 17.4 Å². The van der Waals surface area contributed by atoms with E-state index in [9.17, 15) is 4.79 Å². The standard InChI is InChI=1S/C5H6BrN3O2/c6-4-1-3(2-8-9-7)11-5(4)10/h3-4H,1-2H2. The van der Waals surface area contributed by atoms with Gasteiger partial charge in [0, 0.05) is 11.3 Å². The monoisotopic (exact) mass is 219 g/mol. The first-order valence-corrected chi connectivity index (χ1v) is 4.01. The number of alkyl halides is 1. The van der Waals surface area contributed by atoms with Crippen LogP contribution in [0.3, 0.4) is 0 Å². The molecule has 60 valence electrons. The Labute approximate surface area is 71.5 Å². The van der Waals surface area contributed by atoms with Crippen molar-refractivity contribution in [3.8, 4) is 0 Å². The average molecular weight is 220 g/mol. The molecule has 0 spiro atoms. The topological polar surface area (TPSA) is 75.1 Å². The predicted molar refractivity (Wildman–Crippen MR) is 41.2 cm³/mol. The van der Waals surface area contributed by atoms with E-state index in [4.69, 9.17) is 10.3 Å². The van der Waals surface area contributed by atoms with E-state index in [1.807, 2.05) is 0 Å². The highest BCUT2D eigenvalue weighted by Crippen LogP contribution is 2.21. The Morgan fingerprint density at radius 3 is 3.09 bits per heavy atom. The van der Waals surface area contributed by atoms with Crippen LogP contribution in [0.5, 0.6) is 0 Å². The van der Waals surface area contributed by atoms with Crippen molar-refractivity contribution >= 4 is 21.9 Å². The van der Waals surface area contributed by atoms with Gasteiger partial charge in [0.05, 0.1) is 6.54 Å². The summed E-state index contributed by atoms with van der Waals surface area (Å²) in [5.41, 5.74) is 7.96. The van der Waals surface area contributed by atoms with Gasteiger partial charge in [-0.15, -0.1) is 0 Å². The van der Waals surface area contributed by atoms with Crippen LogP contribution in [0, 0.1) is 0 Å². The molecule has 0 aromatic rings. The molecule has 6 heteroatoms. The summed E-state index contributed by atoms with van der Waals surface area (Å²) in [5, 5.41) is 3.31. The van der Waals surface area contributed by atoms with E-state index in [2.05, 4.69) is 26.0 Å². The zero-order valence-electron chi connectivity index (χ0n) is 5.61. The molecule has 0 bridgehead atoms. The van der Waals surface area contributed by atoms with Crippen molar-refractivity contribution in [2.24, 2.45) is 5.11 Å². The van der Waals surface area contributed by atoms with E-state index < -0.39 is 0 Å². The lowest BCUT2D eigenvalue weighted by molar-refractivity contribution is -0.140. The molecule has 1 aliphatic rings. The van der Waals surface area contributed by atoms with Gasteiger partial charge in [-0.3, -0.25) is 4.79 Å². The third-order valence-corrected chi connectivity index (χ3v) is 2.10. The van der Waals surface area contributed by atoms with Crippen molar-refractivity contribution in [2.75, 3.05) is 6.54 Å². The Bertz CT molecular complexity index is 212. The Balaban J connectivity index is 2.40. The average Bonchev–Trinajstić information content (AvgIpc) is 2.28. The van der Waals surface area contributed by atoms with E-state index in [-0.39, 0.29) is 23.4 Å². The van der Waals surface area contributed by atoms with Crippen molar-refractivity contribution < 1.29 is 9.53 Å². The quantitative estimate of drug-likeness (QED) is 0.231. The summed E-state index contributed by atoms with van der Waals surface area (Å²) in [7, 11) is 0. The third kappa shape index (κ3) is 2.10. The number of cyclic esters (lactones) is 1. The molecule has 0 aromatic heterocycles. The number of hydrogen-bond acceptors (Lipinski definition) is 3. The van der Waals surface area contributed by atoms with Gasteiger partial charge in [-0.05, 0) is 5.53 Å². The molecule has 5 nitrogen and oxygen atoms in total. The van der Waals surface area contributed by atoms with Crippen LogP contribution in [-0.4, -0.2) is 23.4 Å². The first-order chi connectivity index (χ1) is 5.24. The van der Waals surface area contributed by atoms with Gasteiger partial charge in [0.25, 0.3) is 0 Å². The molecule has 1 aliphatic heterocycles. The van der Waals surface area contributed by atoms with Gasteiger partial charge in [0.2, 0.25) is 0 Å². The number of esters is 1. The van der Waals surface area contributed by atoms with Crippen LogP contribution in [0.25, 0.3) is 10.4 Å². The summed E-state index contributed by atoms with van der Waals surface area (Å²) < 4.78 is 4.82.